The summed E-state index contributed by atoms with van der Waals surface area (Å²) in [6.45, 7) is 0. The second-order valence-electron chi connectivity index (χ2n) is 16.0. The third kappa shape index (κ3) is 6.86. The van der Waals surface area contributed by atoms with Crippen molar-refractivity contribution in [1.82, 2.24) is 4.98 Å². The monoisotopic (exact) mass is 819 g/mol. The molecule has 5 nitrogen and oxygen atoms in total. The Kier molecular flexibility index (Phi) is 9.83. The van der Waals surface area contributed by atoms with Crippen molar-refractivity contribution in [3.05, 3.63) is 223 Å². The molecule has 302 valence electrons. The summed E-state index contributed by atoms with van der Waals surface area (Å²) < 4.78 is 0. The minimum absolute atomic E-state index is 0.335. The average molecular weight is 820 g/mol. The molecule has 1 heterocycles. The van der Waals surface area contributed by atoms with Crippen molar-refractivity contribution in [1.29, 1.82) is 5.41 Å². The van der Waals surface area contributed by atoms with Crippen LogP contribution >= 0.6 is 0 Å². The fourth-order valence-corrected chi connectivity index (χ4v) is 9.38. The number of benzene rings is 9. The van der Waals surface area contributed by atoms with Crippen LogP contribution < -0.4 is 5.43 Å². The zero-order valence-electron chi connectivity index (χ0n) is 35.1. The Morgan fingerprint density at radius 2 is 1.08 bits per heavy atom. The van der Waals surface area contributed by atoms with Crippen LogP contribution in [-0.2, 0) is 0 Å². The first-order valence-corrected chi connectivity index (χ1v) is 21.5. The Morgan fingerprint density at radius 3 is 1.67 bits per heavy atom. The van der Waals surface area contributed by atoms with E-state index in [4.69, 9.17) is 10.1 Å². The van der Waals surface area contributed by atoms with Crippen molar-refractivity contribution < 1.29 is 0 Å². The number of rotatable bonds is 8. The lowest BCUT2D eigenvalue weighted by Crippen LogP contribution is -2.14. The molecular weight excluding hydrogens is 779 g/mol. The van der Waals surface area contributed by atoms with Gasteiger partial charge in [-0.05, 0) is 125 Å². The number of para-hydroxylation sites is 1. The van der Waals surface area contributed by atoms with Crippen LogP contribution in [0.25, 0.3) is 93.5 Å². The number of hydrogen-bond donors (Lipinski definition) is 2. The van der Waals surface area contributed by atoms with Gasteiger partial charge in [-0.15, -0.1) is 0 Å². The normalized spacial score (nSPS) is 13.8. The van der Waals surface area contributed by atoms with Crippen LogP contribution in [0.4, 0.5) is 5.69 Å². The highest BCUT2D eigenvalue weighted by molar-refractivity contribution is 6.52. The molecular formula is C59H41N5. The number of nitrogens with zero attached hydrogens (tertiary/aromatic N) is 3. The van der Waals surface area contributed by atoms with E-state index in [9.17, 15) is 5.41 Å². The maximum atomic E-state index is 9.19. The Labute approximate surface area is 371 Å². The number of hydrazone groups is 1. The van der Waals surface area contributed by atoms with Crippen LogP contribution in [0, 0.1) is 5.41 Å². The largest absolute Gasteiger partial charge is 0.299 e. The minimum Gasteiger partial charge on any atom is -0.299 e. The van der Waals surface area contributed by atoms with Gasteiger partial charge in [-0.2, -0.15) is 5.10 Å². The van der Waals surface area contributed by atoms with Crippen LogP contribution in [0.15, 0.2) is 217 Å². The number of hydrogen-bond acceptors (Lipinski definition) is 5. The molecule has 0 saturated carbocycles. The quantitative estimate of drug-likeness (QED) is 0.0527. The van der Waals surface area contributed by atoms with E-state index in [-0.39, 0.29) is 0 Å². The van der Waals surface area contributed by atoms with Crippen molar-refractivity contribution in [3.8, 4) is 22.3 Å². The number of allylic oxidation sites excluding steroid dienone is 5. The van der Waals surface area contributed by atoms with E-state index in [0.29, 0.717) is 11.4 Å². The molecule has 1 aliphatic rings. The maximum absolute atomic E-state index is 9.19. The molecule has 0 spiro atoms. The molecule has 0 aliphatic heterocycles. The topological polar surface area (TPSA) is 73.5 Å². The fourth-order valence-electron chi connectivity index (χ4n) is 9.38. The predicted octanol–water partition coefficient (Wildman–Crippen LogP) is 14.9. The van der Waals surface area contributed by atoms with Gasteiger partial charge >= 0.3 is 0 Å². The van der Waals surface area contributed by atoms with Crippen molar-refractivity contribution >= 4 is 94.5 Å². The lowest BCUT2D eigenvalue weighted by Gasteiger charge is -2.20. The highest BCUT2D eigenvalue weighted by Crippen LogP contribution is 2.45. The number of nitrogens with one attached hydrogen (secondary N) is 2. The third-order valence-electron chi connectivity index (χ3n) is 12.2. The summed E-state index contributed by atoms with van der Waals surface area (Å²) in [6.07, 6.45) is 12.1. The Morgan fingerprint density at radius 1 is 0.547 bits per heavy atom. The van der Waals surface area contributed by atoms with Gasteiger partial charge in [0.05, 0.1) is 16.9 Å². The maximum Gasteiger partial charge on any atom is 0.108 e. The summed E-state index contributed by atoms with van der Waals surface area (Å²) in [5.41, 5.74) is 15.9. The number of aromatic nitrogens is 1. The highest BCUT2D eigenvalue weighted by Gasteiger charge is 2.21. The molecule has 5 heteroatoms. The van der Waals surface area contributed by atoms with Gasteiger partial charge in [0.15, 0.2) is 0 Å². The van der Waals surface area contributed by atoms with E-state index in [1.165, 1.54) is 32.7 Å². The second-order valence-corrected chi connectivity index (χ2v) is 16.0. The number of anilines is 1. The lowest BCUT2D eigenvalue weighted by atomic mass is 9.84. The molecule has 0 bridgehead atoms. The minimum atomic E-state index is 0.335. The fraction of sp³-hybridized carbons (Fsp3) is 0.0169. The van der Waals surface area contributed by atoms with E-state index in [1.54, 1.807) is 0 Å². The molecule has 0 saturated heterocycles. The molecule has 2 N–H and O–H groups in total. The molecule has 0 unspecified atom stereocenters. The van der Waals surface area contributed by atoms with Crippen molar-refractivity contribution in [3.63, 3.8) is 0 Å². The summed E-state index contributed by atoms with van der Waals surface area (Å²) in [6, 6.07) is 63.8. The number of aliphatic imine (C=N–C) groups is 1. The molecule has 10 aromatic rings. The van der Waals surface area contributed by atoms with Gasteiger partial charge in [0.1, 0.15) is 5.71 Å². The first-order chi connectivity index (χ1) is 31.6. The van der Waals surface area contributed by atoms with E-state index in [0.717, 1.165) is 77.1 Å². The first-order valence-electron chi connectivity index (χ1n) is 21.5. The van der Waals surface area contributed by atoms with Gasteiger partial charge < -0.3 is 0 Å². The van der Waals surface area contributed by atoms with Gasteiger partial charge in [0.25, 0.3) is 0 Å². The zero-order chi connectivity index (χ0) is 43.0. The van der Waals surface area contributed by atoms with Gasteiger partial charge in [0.2, 0.25) is 0 Å². The van der Waals surface area contributed by atoms with E-state index in [2.05, 4.69) is 192 Å². The molecule has 1 aliphatic carbocycles. The van der Waals surface area contributed by atoms with Gasteiger partial charge in [0, 0.05) is 36.0 Å². The second kappa shape index (κ2) is 16.4. The number of fused-ring (bicyclic) bond motifs is 5. The van der Waals surface area contributed by atoms with Crippen LogP contribution in [0.1, 0.15) is 16.7 Å². The van der Waals surface area contributed by atoms with E-state index in [1.807, 2.05) is 43.7 Å². The Bertz CT molecular complexity index is 3530. The molecule has 0 amide bonds. The smallest absolute Gasteiger partial charge is 0.108 e. The first kappa shape index (κ1) is 38.4. The molecule has 0 radical (unpaired) electrons. The molecule has 9 aromatic carbocycles. The van der Waals surface area contributed by atoms with E-state index >= 15 is 0 Å². The van der Waals surface area contributed by atoms with Gasteiger partial charge in [-0.25, -0.2) is 0 Å². The molecule has 0 fully saturated rings. The van der Waals surface area contributed by atoms with Gasteiger partial charge in [-0.3, -0.25) is 20.8 Å². The van der Waals surface area contributed by atoms with Crippen LogP contribution in [-0.4, -0.2) is 29.7 Å². The summed E-state index contributed by atoms with van der Waals surface area (Å²) in [4.78, 5) is 9.32. The molecule has 64 heavy (non-hydrogen) atoms. The molecule has 11 rings (SSSR count). The molecule has 1 aromatic heterocycles. The standard InChI is InChI=1S/C59H41N5/c1-61-36-42(33-38-15-3-2-4-16-38)58-51-24-12-8-20-47(51)57(48-21-9-13-25-52(48)58)41-29-32-55(53(60)35-41)64-63-44-30-27-39(28-31-44)56-45-18-6-10-22-49(45)59(50-23-11-7-19-46(50)56)43-34-40-17-5-14-26-54(40)62-37-43/h2-37,60,63H,1H3/b42-33+,60-53?,61-36?,64-55-. The Balaban J connectivity index is 0.917. The molecule has 0 atom stereocenters. The van der Waals surface area contributed by atoms with Gasteiger partial charge in [-0.1, -0.05) is 164 Å². The predicted molar refractivity (Wildman–Crippen MR) is 274 cm³/mol. The van der Waals surface area contributed by atoms with Crippen molar-refractivity contribution in [2.45, 2.75) is 0 Å². The average Bonchev–Trinajstić information content (AvgIpc) is 3.34. The summed E-state index contributed by atoms with van der Waals surface area (Å²) >= 11 is 0. The highest BCUT2D eigenvalue weighted by atomic mass is 15.3. The SMILES string of the molecule is CN=C/C(=C\c1ccccc1)c1c2ccccc2c(C2=CC(=N)/C(=N\Nc3ccc(-c4c5ccccc5c(-c5cnc6ccccc6c5)c5ccccc45)cc3)C=C2)c2ccccc12. The lowest BCUT2D eigenvalue weighted by molar-refractivity contribution is 1.34. The van der Waals surface area contributed by atoms with Crippen LogP contribution in [0.2, 0.25) is 0 Å². The van der Waals surface area contributed by atoms with Crippen LogP contribution in [0.5, 0.6) is 0 Å². The zero-order valence-corrected chi connectivity index (χ0v) is 35.1. The van der Waals surface area contributed by atoms with Crippen molar-refractivity contribution in [2.75, 3.05) is 12.5 Å². The number of pyridine rings is 1. The summed E-state index contributed by atoms with van der Waals surface area (Å²) in [5, 5.41) is 24.3. The Hall–Kier alpha value is -8.54. The van der Waals surface area contributed by atoms with E-state index < -0.39 is 0 Å². The van der Waals surface area contributed by atoms with Crippen molar-refractivity contribution in [2.24, 2.45) is 10.1 Å². The third-order valence-corrected chi connectivity index (χ3v) is 12.2. The summed E-state index contributed by atoms with van der Waals surface area (Å²) in [5.74, 6) is 0. The summed E-state index contributed by atoms with van der Waals surface area (Å²) in [7, 11) is 1.82. The van der Waals surface area contributed by atoms with Crippen LogP contribution in [0.3, 0.4) is 0 Å².